The summed E-state index contributed by atoms with van der Waals surface area (Å²) in [6.45, 7) is 0. The number of amidine groups is 1. The third-order valence-electron chi connectivity index (χ3n) is 5.00. The lowest BCUT2D eigenvalue weighted by Gasteiger charge is -2.09. The van der Waals surface area contributed by atoms with E-state index in [9.17, 15) is 0 Å². The molecule has 0 aliphatic heterocycles. The van der Waals surface area contributed by atoms with E-state index in [-0.39, 0.29) is 11.8 Å². The number of hydrogen-bond acceptors (Lipinski definition) is 6. The topological polar surface area (TPSA) is 135 Å². The van der Waals surface area contributed by atoms with E-state index in [2.05, 4.69) is 9.97 Å². The first-order chi connectivity index (χ1) is 14.0. The van der Waals surface area contributed by atoms with E-state index in [1.165, 1.54) is 0 Å². The summed E-state index contributed by atoms with van der Waals surface area (Å²) in [6, 6.07) is 11.2. The minimum absolute atomic E-state index is 0.0655. The fraction of sp³-hybridized carbons (Fsp3) is 0.190. The molecule has 0 saturated heterocycles. The summed E-state index contributed by atoms with van der Waals surface area (Å²) < 4.78 is 10.8. The van der Waals surface area contributed by atoms with Crippen LogP contribution in [0.1, 0.15) is 23.1 Å². The number of nitrogen functional groups attached to an aromatic ring is 2. The number of hydrogen-bond donors (Lipinski definition) is 4. The number of anilines is 1. The molecule has 6 N–H and O–H groups in total. The number of nitrogens with one attached hydrogen (secondary N) is 2. The van der Waals surface area contributed by atoms with Crippen LogP contribution in [0.15, 0.2) is 41.4 Å². The smallest absolute Gasteiger partial charge is 0.199 e. The van der Waals surface area contributed by atoms with Gasteiger partial charge in [-0.1, -0.05) is 18.2 Å². The van der Waals surface area contributed by atoms with E-state index in [0.717, 1.165) is 40.8 Å². The lowest BCUT2D eigenvalue weighted by atomic mass is 10.0. The third kappa shape index (κ3) is 3.29. The Morgan fingerprint density at radius 3 is 2.69 bits per heavy atom. The van der Waals surface area contributed by atoms with Crippen LogP contribution in [0, 0.1) is 5.41 Å². The van der Waals surface area contributed by atoms with Gasteiger partial charge in [-0.25, -0.2) is 9.98 Å². The number of methoxy groups -OCH3 is 2. The molecule has 3 aromatic rings. The Morgan fingerprint density at radius 1 is 1.14 bits per heavy atom. The Labute approximate surface area is 168 Å². The molecule has 2 aromatic carbocycles. The summed E-state index contributed by atoms with van der Waals surface area (Å²) in [5.41, 5.74) is 16.7. The van der Waals surface area contributed by atoms with Crippen LogP contribution in [0.25, 0.3) is 11.3 Å². The van der Waals surface area contributed by atoms with E-state index < -0.39 is 0 Å². The van der Waals surface area contributed by atoms with Gasteiger partial charge in [0, 0.05) is 11.1 Å². The molecule has 29 heavy (non-hydrogen) atoms. The van der Waals surface area contributed by atoms with Crippen molar-refractivity contribution in [2.75, 3.05) is 20.0 Å². The van der Waals surface area contributed by atoms with E-state index in [0.29, 0.717) is 23.0 Å². The number of nitrogens with zero attached hydrogens (tertiary/aromatic N) is 2. The second kappa shape index (κ2) is 7.31. The van der Waals surface area contributed by atoms with Gasteiger partial charge in [-0.05, 0) is 42.2 Å². The molecule has 4 rings (SSSR count). The van der Waals surface area contributed by atoms with E-state index in [1.807, 2.05) is 36.4 Å². The zero-order chi connectivity index (χ0) is 20.5. The summed E-state index contributed by atoms with van der Waals surface area (Å²) in [6.07, 6.45) is 1.53. The van der Waals surface area contributed by atoms with Gasteiger partial charge in [-0.15, -0.1) is 0 Å². The fourth-order valence-corrected chi connectivity index (χ4v) is 3.66. The van der Waals surface area contributed by atoms with Gasteiger partial charge < -0.3 is 25.9 Å². The number of H-pyrrole nitrogens is 1. The highest BCUT2D eigenvalue weighted by Gasteiger charge is 2.23. The maximum atomic E-state index is 7.80. The number of fused-ring (bicyclic) bond motifs is 1. The van der Waals surface area contributed by atoms with Crippen LogP contribution < -0.4 is 20.9 Å². The summed E-state index contributed by atoms with van der Waals surface area (Å²) in [4.78, 5) is 12.3. The quantitative estimate of drug-likeness (QED) is 0.392. The molecule has 8 heteroatoms. The molecule has 148 valence electrons. The zero-order valence-corrected chi connectivity index (χ0v) is 16.2. The molecule has 0 amide bonds. The van der Waals surface area contributed by atoms with Crippen molar-refractivity contribution in [3.8, 4) is 22.8 Å². The molecule has 1 aliphatic carbocycles. The Hall–Kier alpha value is -3.81. The molecular formula is C21H22N6O2. The van der Waals surface area contributed by atoms with Gasteiger partial charge in [0.05, 0.1) is 19.9 Å². The van der Waals surface area contributed by atoms with Crippen molar-refractivity contribution in [2.24, 2.45) is 10.7 Å². The zero-order valence-electron chi connectivity index (χ0n) is 16.2. The maximum absolute atomic E-state index is 7.80. The average Bonchev–Trinajstić information content (AvgIpc) is 3.30. The van der Waals surface area contributed by atoms with Crippen LogP contribution in [0.2, 0.25) is 0 Å². The predicted octanol–water partition coefficient (Wildman–Crippen LogP) is 3.03. The Morgan fingerprint density at radius 2 is 1.97 bits per heavy atom. The van der Waals surface area contributed by atoms with Gasteiger partial charge >= 0.3 is 0 Å². The van der Waals surface area contributed by atoms with Crippen molar-refractivity contribution < 1.29 is 9.47 Å². The molecule has 0 saturated carbocycles. The minimum Gasteiger partial charge on any atom is -0.497 e. The van der Waals surface area contributed by atoms with Crippen molar-refractivity contribution in [1.29, 1.82) is 5.41 Å². The van der Waals surface area contributed by atoms with Gasteiger partial charge in [0.25, 0.3) is 0 Å². The molecule has 0 fully saturated rings. The number of imidazole rings is 1. The second-order valence-electron chi connectivity index (χ2n) is 6.69. The van der Waals surface area contributed by atoms with Crippen molar-refractivity contribution >= 4 is 23.3 Å². The summed E-state index contributed by atoms with van der Waals surface area (Å²) in [7, 11) is 3.21. The first-order valence-corrected chi connectivity index (χ1v) is 9.14. The number of aromatic nitrogens is 2. The highest BCUT2D eigenvalue weighted by atomic mass is 16.5. The number of benzene rings is 2. The largest absolute Gasteiger partial charge is 0.497 e. The predicted molar refractivity (Wildman–Crippen MR) is 114 cm³/mol. The van der Waals surface area contributed by atoms with Crippen molar-refractivity contribution in [2.45, 2.75) is 12.8 Å². The van der Waals surface area contributed by atoms with Crippen LogP contribution in [0.4, 0.5) is 11.8 Å². The van der Waals surface area contributed by atoms with Gasteiger partial charge in [-0.2, -0.15) is 0 Å². The Balaban J connectivity index is 1.84. The molecular weight excluding hydrogens is 368 g/mol. The van der Waals surface area contributed by atoms with Crippen molar-refractivity contribution in [3.63, 3.8) is 0 Å². The molecule has 0 bridgehead atoms. The van der Waals surface area contributed by atoms with Crippen LogP contribution in [-0.2, 0) is 6.42 Å². The van der Waals surface area contributed by atoms with Crippen molar-refractivity contribution in [1.82, 2.24) is 9.97 Å². The molecule has 0 atom stereocenters. The standard InChI is InChI=1S/C21H22N6O2/c1-28-11-6-9-17(29-2)15(10-11)18-20(27-21(24)26-18)25-16-8-7-12-13(16)4-3-5-14(12)19(22)23/h3-6,9-10H,7-8H2,1-2H3,(H3,22,23)(H3,24,26,27). The van der Waals surface area contributed by atoms with E-state index in [4.69, 9.17) is 31.3 Å². The minimum atomic E-state index is 0.0655. The first kappa shape index (κ1) is 18.5. The fourth-order valence-electron chi connectivity index (χ4n) is 3.66. The maximum Gasteiger partial charge on any atom is 0.199 e. The lowest BCUT2D eigenvalue weighted by Crippen LogP contribution is -2.13. The number of aliphatic imine (C=N–C) groups is 1. The number of aromatic amines is 1. The van der Waals surface area contributed by atoms with Crippen LogP contribution in [0.5, 0.6) is 11.5 Å². The van der Waals surface area contributed by atoms with Gasteiger partial charge in [0.2, 0.25) is 0 Å². The first-order valence-electron chi connectivity index (χ1n) is 9.14. The number of ether oxygens (including phenoxy) is 2. The molecule has 0 radical (unpaired) electrons. The highest BCUT2D eigenvalue weighted by Crippen LogP contribution is 2.38. The van der Waals surface area contributed by atoms with Gasteiger partial charge in [0.1, 0.15) is 23.0 Å². The van der Waals surface area contributed by atoms with Gasteiger partial charge in [0.15, 0.2) is 11.8 Å². The van der Waals surface area contributed by atoms with E-state index in [1.54, 1.807) is 14.2 Å². The summed E-state index contributed by atoms with van der Waals surface area (Å²) >= 11 is 0. The normalized spacial score (nSPS) is 14.1. The van der Waals surface area contributed by atoms with Crippen molar-refractivity contribution in [3.05, 3.63) is 53.1 Å². The molecule has 1 heterocycles. The van der Waals surface area contributed by atoms with Crippen LogP contribution in [0.3, 0.4) is 0 Å². The second-order valence-corrected chi connectivity index (χ2v) is 6.69. The molecule has 1 aliphatic rings. The van der Waals surface area contributed by atoms with Gasteiger partial charge in [-0.3, -0.25) is 5.41 Å². The lowest BCUT2D eigenvalue weighted by molar-refractivity contribution is 0.404. The SMILES string of the molecule is COc1ccc(OC)c(-c2nc(N)[nH]c2N=C2CCc3c(C(=N)N)cccc32)c1. The molecule has 0 spiro atoms. The highest BCUT2D eigenvalue weighted by molar-refractivity contribution is 6.09. The number of rotatable bonds is 5. The van der Waals surface area contributed by atoms with Crippen LogP contribution in [-0.4, -0.2) is 35.7 Å². The van der Waals surface area contributed by atoms with E-state index >= 15 is 0 Å². The molecule has 0 unspecified atom stereocenters. The summed E-state index contributed by atoms with van der Waals surface area (Å²) in [5.74, 6) is 2.20. The molecule has 8 nitrogen and oxygen atoms in total. The molecule has 1 aromatic heterocycles. The average molecular weight is 390 g/mol. The third-order valence-corrected chi connectivity index (χ3v) is 5.00. The Bertz CT molecular complexity index is 1130. The monoisotopic (exact) mass is 390 g/mol. The Kier molecular flexibility index (Phi) is 4.67. The van der Waals surface area contributed by atoms with Crippen LogP contribution >= 0.6 is 0 Å². The number of nitrogens with two attached hydrogens (primary N) is 2. The summed E-state index contributed by atoms with van der Waals surface area (Å²) in [5, 5.41) is 7.80.